The highest BCUT2D eigenvalue weighted by molar-refractivity contribution is 5.77. The molecule has 2 aromatic carbocycles. The molecule has 1 aromatic heterocycles. The third-order valence-corrected chi connectivity index (χ3v) is 3.22. The zero-order valence-corrected chi connectivity index (χ0v) is 11.6. The van der Waals surface area contributed by atoms with Crippen LogP contribution in [0, 0.1) is 22.7 Å². The van der Waals surface area contributed by atoms with Gasteiger partial charge in [0.25, 0.3) is 0 Å². The maximum absolute atomic E-state index is 8.68. The number of allylic oxidation sites excluding steroid dienone is 1. The number of para-hydroxylation sites is 2. The third-order valence-electron chi connectivity index (χ3n) is 3.22. The van der Waals surface area contributed by atoms with E-state index in [4.69, 9.17) is 10.5 Å². The van der Waals surface area contributed by atoms with E-state index in [9.17, 15) is 0 Å². The summed E-state index contributed by atoms with van der Waals surface area (Å²) in [6, 6.07) is 19.2. The molecular weight excluding hydrogens is 274 g/mol. The van der Waals surface area contributed by atoms with Crippen LogP contribution in [-0.4, -0.2) is 9.55 Å². The highest BCUT2D eigenvalue weighted by atomic mass is 15.0. The van der Waals surface area contributed by atoms with Gasteiger partial charge >= 0.3 is 0 Å². The number of nitrogens with zero attached hydrogens (tertiary/aromatic N) is 4. The lowest BCUT2D eigenvalue weighted by Crippen LogP contribution is -1.93. The number of benzene rings is 2. The molecule has 104 valence electrons. The Balaban J connectivity index is 1.88. The normalized spacial score (nSPS) is 9.73. The van der Waals surface area contributed by atoms with Gasteiger partial charge in [-0.1, -0.05) is 12.1 Å². The van der Waals surface area contributed by atoms with Gasteiger partial charge in [0.2, 0.25) is 0 Å². The molecule has 1 heterocycles. The number of hydrogen-bond donors (Lipinski definition) is 1. The second-order valence-corrected chi connectivity index (χ2v) is 4.58. The van der Waals surface area contributed by atoms with Crippen LogP contribution in [0.4, 0.5) is 5.69 Å². The minimum Gasteiger partial charge on any atom is -0.360 e. The van der Waals surface area contributed by atoms with Crippen molar-refractivity contribution < 1.29 is 0 Å². The maximum atomic E-state index is 8.68. The van der Waals surface area contributed by atoms with Gasteiger partial charge in [0.15, 0.2) is 0 Å². The molecule has 0 saturated carbocycles. The zero-order chi connectivity index (χ0) is 15.4. The van der Waals surface area contributed by atoms with Gasteiger partial charge in [-0.05, 0) is 36.4 Å². The quantitative estimate of drug-likeness (QED) is 0.748. The fourth-order valence-electron chi connectivity index (χ4n) is 2.13. The van der Waals surface area contributed by atoms with Crippen molar-refractivity contribution in [3.8, 4) is 17.8 Å². The molecule has 0 amide bonds. The smallest absolute Gasteiger partial charge is 0.145 e. The van der Waals surface area contributed by atoms with Crippen LogP contribution in [0.25, 0.3) is 16.7 Å². The summed E-state index contributed by atoms with van der Waals surface area (Å²) in [5.74, 6) is 0. The van der Waals surface area contributed by atoms with Gasteiger partial charge < -0.3 is 5.32 Å². The topological polar surface area (TPSA) is 77.4 Å². The van der Waals surface area contributed by atoms with Gasteiger partial charge in [-0.3, -0.25) is 4.57 Å². The number of imidazole rings is 1. The van der Waals surface area contributed by atoms with Crippen LogP contribution in [0.15, 0.2) is 66.6 Å². The Kier molecular flexibility index (Phi) is 3.55. The molecule has 0 fully saturated rings. The maximum Gasteiger partial charge on any atom is 0.145 e. The number of nitrogens with one attached hydrogen (secondary N) is 1. The molecule has 0 atom stereocenters. The Morgan fingerprint density at radius 2 is 1.77 bits per heavy atom. The fraction of sp³-hybridized carbons (Fsp3) is 0. The van der Waals surface area contributed by atoms with Crippen molar-refractivity contribution in [2.75, 3.05) is 5.32 Å². The van der Waals surface area contributed by atoms with Crippen molar-refractivity contribution in [3.63, 3.8) is 0 Å². The van der Waals surface area contributed by atoms with Crippen molar-refractivity contribution in [1.29, 1.82) is 10.5 Å². The van der Waals surface area contributed by atoms with Crippen molar-refractivity contribution in [2.24, 2.45) is 0 Å². The monoisotopic (exact) mass is 285 g/mol. The summed E-state index contributed by atoms with van der Waals surface area (Å²) in [5, 5.41) is 20.3. The molecule has 0 bridgehead atoms. The summed E-state index contributed by atoms with van der Waals surface area (Å²) in [6.45, 7) is 0. The summed E-state index contributed by atoms with van der Waals surface area (Å²) in [5.41, 5.74) is 3.81. The van der Waals surface area contributed by atoms with E-state index in [0.717, 1.165) is 22.4 Å². The van der Waals surface area contributed by atoms with Gasteiger partial charge in [0, 0.05) is 17.6 Å². The molecule has 0 aliphatic rings. The van der Waals surface area contributed by atoms with E-state index in [0.29, 0.717) is 0 Å². The number of nitriles is 2. The molecule has 22 heavy (non-hydrogen) atoms. The van der Waals surface area contributed by atoms with Crippen molar-refractivity contribution in [3.05, 3.63) is 66.6 Å². The van der Waals surface area contributed by atoms with Crippen LogP contribution in [0.2, 0.25) is 0 Å². The Morgan fingerprint density at radius 3 is 2.50 bits per heavy atom. The van der Waals surface area contributed by atoms with E-state index in [1.165, 1.54) is 6.20 Å². The molecule has 3 rings (SSSR count). The molecule has 0 radical (unpaired) electrons. The fourth-order valence-corrected chi connectivity index (χ4v) is 2.13. The third kappa shape index (κ3) is 2.52. The van der Waals surface area contributed by atoms with Crippen LogP contribution in [0.5, 0.6) is 0 Å². The lowest BCUT2D eigenvalue weighted by Gasteiger charge is -2.06. The first kappa shape index (κ1) is 13.4. The number of hydrogen-bond acceptors (Lipinski definition) is 4. The minimum absolute atomic E-state index is 0.0321. The second-order valence-electron chi connectivity index (χ2n) is 4.58. The first-order chi connectivity index (χ1) is 10.8. The summed E-state index contributed by atoms with van der Waals surface area (Å²) >= 11 is 0. The average molecular weight is 285 g/mol. The SMILES string of the molecule is N#CC(C#N)=CNc1ccc(-n2cnc3ccccc32)cc1. The van der Waals surface area contributed by atoms with E-state index in [1.807, 2.05) is 53.1 Å². The highest BCUT2D eigenvalue weighted by Crippen LogP contribution is 2.19. The lowest BCUT2D eigenvalue weighted by molar-refractivity contribution is 1.09. The van der Waals surface area contributed by atoms with Crippen LogP contribution in [0.1, 0.15) is 0 Å². The van der Waals surface area contributed by atoms with E-state index < -0.39 is 0 Å². The number of rotatable bonds is 3. The summed E-state index contributed by atoms with van der Waals surface area (Å²) < 4.78 is 2.00. The van der Waals surface area contributed by atoms with E-state index >= 15 is 0 Å². The van der Waals surface area contributed by atoms with E-state index in [1.54, 1.807) is 18.5 Å². The predicted molar refractivity (Wildman–Crippen MR) is 84.0 cm³/mol. The first-order valence-electron chi connectivity index (χ1n) is 6.61. The van der Waals surface area contributed by atoms with Crippen molar-refractivity contribution >= 4 is 16.7 Å². The molecule has 1 N–H and O–H groups in total. The Bertz CT molecular complexity index is 904. The standard InChI is InChI=1S/C17H11N5/c18-9-13(10-19)11-20-14-5-7-15(8-6-14)22-12-21-16-3-1-2-4-17(16)22/h1-8,11-12,20H. The molecule has 3 aromatic rings. The largest absolute Gasteiger partial charge is 0.360 e. The Hall–Kier alpha value is -3.57. The molecule has 0 unspecified atom stereocenters. The summed E-state index contributed by atoms with van der Waals surface area (Å²) in [4.78, 5) is 4.36. The Labute approximate surface area is 127 Å². The number of anilines is 1. The van der Waals surface area contributed by atoms with Gasteiger partial charge in [0.1, 0.15) is 24.0 Å². The molecule has 0 spiro atoms. The van der Waals surface area contributed by atoms with Crippen molar-refractivity contribution in [1.82, 2.24) is 9.55 Å². The molecule has 0 saturated heterocycles. The molecule has 0 aliphatic carbocycles. The van der Waals surface area contributed by atoms with Gasteiger partial charge in [-0.2, -0.15) is 10.5 Å². The summed E-state index contributed by atoms with van der Waals surface area (Å²) in [6.07, 6.45) is 3.18. The number of fused-ring (bicyclic) bond motifs is 1. The summed E-state index contributed by atoms with van der Waals surface area (Å²) in [7, 11) is 0. The van der Waals surface area contributed by atoms with Crippen molar-refractivity contribution in [2.45, 2.75) is 0 Å². The van der Waals surface area contributed by atoms with E-state index in [-0.39, 0.29) is 5.57 Å². The zero-order valence-electron chi connectivity index (χ0n) is 11.6. The van der Waals surface area contributed by atoms with Gasteiger partial charge in [-0.25, -0.2) is 4.98 Å². The number of aromatic nitrogens is 2. The van der Waals surface area contributed by atoms with Crippen LogP contribution in [0.3, 0.4) is 0 Å². The molecule has 5 heteroatoms. The molecular formula is C17H11N5. The lowest BCUT2D eigenvalue weighted by atomic mass is 10.2. The average Bonchev–Trinajstić information content (AvgIpc) is 3.00. The highest BCUT2D eigenvalue weighted by Gasteiger charge is 2.03. The van der Waals surface area contributed by atoms with Crippen LogP contribution >= 0.6 is 0 Å². The molecule has 0 aliphatic heterocycles. The Morgan fingerprint density at radius 1 is 1.05 bits per heavy atom. The van der Waals surface area contributed by atoms with Gasteiger partial charge in [0.05, 0.1) is 11.0 Å². The van der Waals surface area contributed by atoms with Crippen LogP contribution in [-0.2, 0) is 0 Å². The van der Waals surface area contributed by atoms with Crippen LogP contribution < -0.4 is 5.32 Å². The first-order valence-corrected chi connectivity index (χ1v) is 6.61. The van der Waals surface area contributed by atoms with Gasteiger partial charge in [-0.15, -0.1) is 0 Å². The predicted octanol–water partition coefficient (Wildman–Crippen LogP) is 3.37. The van der Waals surface area contributed by atoms with E-state index in [2.05, 4.69) is 10.3 Å². The minimum atomic E-state index is 0.0321. The second kappa shape index (κ2) is 5.82. The molecule has 5 nitrogen and oxygen atoms in total.